The first-order chi connectivity index (χ1) is 10.2. The quantitative estimate of drug-likeness (QED) is 0.829. The second-order valence-corrected chi connectivity index (χ2v) is 5.26. The average Bonchev–Trinajstić information content (AvgIpc) is 2.89. The molecule has 21 heavy (non-hydrogen) atoms. The highest BCUT2D eigenvalue weighted by atomic mass is 16.1. The van der Waals surface area contributed by atoms with Gasteiger partial charge in [0.2, 0.25) is 0 Å². The van der Waals surface area contributed by atoms with E-state index in [9.17, 15) is 4.79 Å². The van der Waals surface area contributed by atoms with E-state index in [1.807, 2.05) is 13.0 Å². The van der Waals surface area contributed by atoms with Crippen LogP contribution in [0.3, 0.4) is 0 Å². The summed E-state index contributed by atoms with van der Waals surface area (Å²) in [6.45, 7) is 5.47. The monoisotopic (exact) mass is 285 g/mol. The molecule has 0 bridgehead atoms. The Labute approximate surface area is 123 Å². The molecule has 0 atom stereocenters. The van der Waals surface area contributed by atoms with Crippen molar-refractivity contribution < 1.29 is 4.79 Å². The molecule has 0 radical (unpaired) electrons. The Kier molecular flexibility index (Phi) is 3.96. The lowest BCUT2D eigenvalue weighted by molar-refractivity contribution is 0.0948. The Hall–Kier alpha value is -2.21. The van der Waals surface area contributed by atoms with Crippen LogP contribution in [0.25, 0.3) is 11.0 Å². The molecule has 0 saturated carbocycles. The summed E-state index contributed by atoms with van der Waals surface area (Å²) in [5, 5.41) is 10.8. The SMILES string of the molecule is Cc1[nH]nc2ncc(C(=O)NCCN3CC=CCC3)cc12. The second-order valence-electron chi connectivity index (χ2n) is 5.26. The van der Waals surface area contributed by atoms with Crippen molar-refractivity contribution in [1.29, 1.82) is 0 Å². The van der Waals surface area contributed by atoms with E-state index >= 15 is 0 Å². The highest BCUT2D eigenvalue weighted by Gasteiger charge is 2.11. The van der Waals surface area contributed by atoms with Crippen molar-refractivity contribution >= 4 is 16.9 Å². The lowest BCUT2D eigenvalue weighted by Gasteiger charge is -2.22. The zero-order valence-corrected chi connectivity index (χ0v) is 12.1. The number of carbonyl (C=O) groups is 1. The maximum absolute atomic E-state index is 12.1. The van der Waals surface area contributed by atoms with E-state index in [1.165, 1.54) is 0 Å². The van der Waals surface area contributed by atoms with Gasteiger partial charge in [0, 0.05) is 43.5 Å². The summed E-state index contributed by atoms with van der Waals surface area (Å²) in [5.74, 6) is -0.0856. The number of aromatic nitrogens is 3. The van der Waals surface area contributed by atoms with Crippen LogP contribution < -0.4 is 5.32 Å². The fourth-order valence-electron chi connectivity index (χ4n) is 2.47. The Morgan fingerprint density at radius 1 is 1.48 bits per heavy atom. The highest BCUT2D eigenvalue weighted by molar-refractivity contribution is 5.97. The fourth-order valence-corrected chi connectivity index (χ4v) is 2.47. The van der Waals surface area contributed by atoms with Gasteiger partial charge >= 0.3 is 0 Å². The van der Waals surface area contributed by atoms with Gasteiger partial charge in [-0.15, -0.1) is 0 Å². The number of hydrogen-bond donors (Lipinski definition) is 2. The zero-order chi connectivity index (χ0) is 14.7. The average molecular weight is 285 g/mol. The number of fused-ring (bicyclic) bond motifs is 1. The maximum atomic E-state index is 12.1. The molecule has 0 unspecified atom stereocenters. The lowest BCUT2D eigenvalue weighted by Crippen LogP contribution is -2.36. The van der Waals surface area contributed by atoms with Gasteiger partial charge in [-0.25, -0.2) is 4.98 Å². The van der Waals surface area contributed by atoms with Gasteiger partial charge in [0.1, 0.15) is 0 Å². The molecule has 2 aromatic heterocycles. The zero-order valence-electron chi connectivity index (χ0n) is 12.1. The van der Waals surface area contributed by atoms with Gasteiger partial charge < -0.3 is 5.32 Å². The number of carbonyl (C=O) groups excluding carboxylic acids is 1. The summed E-state index contributed by atoms with van der Waals surface area (Å²) in [7, 11) is 0. The van der Waals surface area contributed by atoms with Crippen molar-refractivity contribution in [2.24, 2.45) is 0 Å². The van der Waals surface area contributed by atoms with E-state index in [1.54, 1.807) is 6.20 Å². The molecule has 6 nitrogen and oxygen atoms in total. The minimum absolute atomic E-state index is 0.0856. The van der Waals surface area contributed by atoms with Gasteiger partial charge in [-0.05, 0) is 19.4 Å². The predicted molar refractivity (Wildman–Crippen MR) is 81.2 cm³/mol. The van der Waals surface area contributed by atoms with Gasteiger partial charge in [0.15, 0.2) is 5.65 Å². The molecule has 0 saturated heterocycles. The Bertz CT molecular complexity index is 676. The van der Waals surface area contributed by atoms with Crippen molar-refractivity contribution in [3.63, 3.8) is 0 Å². The Morgan fingerprint density at radius 3 is 3.19 bits per heavy atom. The largest absolute Gasteiger partial charge is 0.351 e. The number of aryl methyl sites for hydroxylation is 1. The number of rotatable bonds is 4. The van der Waals surface area contributed by atoms with Gasteiger partial charge in [0.05, 0.1) is 5.56 Å². The number of hydrogen-bond acceptors (Lipinski definition) is 4. The summed E-state index contributed by atoms with van der Waals surface area (Å²) in [4.78, 5) is 18.7. The number of H-pyrrole nitrogens is 1. The first kappa shape index (κ1) is 13.8. The summed E-state index contributed by atoms with van der Waals surface area (Å²) >= 11 is 0. The summed E-state index contributed by atoms with van der Waals surface area (Å²) in [6.07, 6.45) is 7.03. The molecular formula is C15H19N5O. The van der Waals surface area contributed by atoms with Crippen LogP contribution in [0.4, 0.5) is 0 Å². The topological polar surface area (TPSA) is 73.9 Å². The number of nitrogens with one attached hydrogen (secondary N) is 2. The molecular weight excluding hydrogens is 266 g/mol. The smallest absolute Gasteiger partial charge is 0.252 e. The van der Waals surface area contributed by atoms with E-state index in [-0.39, 0.29) is 5.91 Å². The van der Waals surface area contributed by atoms with Crippen molar-refractivity contribution in [2.75, 3.05) is 26.2 Å². The number of pyridine rings is 1. The second kappa shape index (κ2) is 6.05. The highest BCUT2D eigenvalue weighted by Crippen LogP contribution is 2.14. The van der Waals surface area contributed by atoms with E-state index in [0.29, 0.717) is 17.8 Å². The standard InChI is InChI=1S/C15H19N5O/c1-11-13-9-12(10-17-14(13)19-18-11)15(21)16-5-8-20-6-3-2-4-7-20/h2-3,9-10H,4-8H2,1H3,(H,16,21)(H,17,18,19). The third-order valence-electron chi connectivity index (χ3n) is 3.72. The molecule has 1 amide bonds. The normalized spacial score (nSPS) is 15.5. The molecule has 2 aromatic rings. The van der Waals surface area contributed by atoms with E-state index in [4.69, 9.17) is 0 Å². The minimum atomic E-state index is -0.0856. The molecule has 0 fully saturated rings. The molecule has 6 heteroatoms. The number of aromatic amines is 1. The first-order valence-electron chi connectivity index (χ1n) is 7.20. The molecule has 1 aliphatic rings. The number of nitrogens with zero attached hydrogens (tertiary/aromatic N) is 3. The van der Waals surface area contributed by atoms with Crippen LogP contribution in [0.15, 0.2) is 24.4 Å². The molecule has 0 aromatic carbocycles. The number of amides is 1. The van der Waals surface area contributed by atoms with Gasteiger partial charge in [-0.2, -0.15) is 5.10 Å². The van der Waals surface area contributed by atoms with Gasteiger partial charge in [0.25, 0.3) is 5.91 Å². The molecule has 1 aliphatic heterocycles. The van der Waals surface area contributed by atoms with Crippen molar-refractivity contribution in [3.05, 3.63) is 35.7 Å². The van der Waals surface area contributed by atoms with Crippen LogP contribution in [-0.2, 0) is 0 Å². The van der Waals surface area contributed by atoms with Crippen LogP contribution >= 0.6 is 0 Å². The van der Waals surface area contributed by atoms with Crippen LogP contribution in [0, 0.1) is 6.92 Å². The molecule has 110 valence electrons. The molecule has 0 spiro atoms. The van der Waals surface area contributed by atoms with Crippen LogP contribution in [0.1, 0.15) is 22.5 Å². The van der Waals surface area contributed by atoms with Crippen LogP contribution in [-0.4, -0.2) is 52.2 Å². The fraction of sp³-hybridized carbons (Fsp3) is 0.400. The summed E-state index contributed by atoms with van der Waals surface area (Å²) < 4.78 is 0. The van der Waals surface area contributed by atoms with Gasteiger partial charge in [-0.3, -0.25) is 14.8 Å². The third-order valence-corrected chi connectivity index (χ3v) is 3.72. The third kappa shape index (κ3) is 3.11. The maximum Gasteiger partial charge on any atom is 0.252 e. The van der Waals surface area contributed by atoms with Crippen LogP contribution in [0.2, 0.25) is 0 Å². The Morgan fingerprint density at radius 2 is 2.38 bits per heavy atom. The Balaban J connectivity index is 1.58. The van der Waals surface area contributed by atoms with E-state index in [2.05, 4.69) is 37.6 Å². The summed E-state index contributed by atoms with van der Waals surface area (Å²) in [5.41, 5.74) is 2.14. The van der Waals surface area contributed by atoms with Crippen molar-refractivity contribution in [2.45, 2.75) is 13.3 Å². The molecule has 2 N–H and O–H groups in total. The lowest BCUT2D eigenvalue weighted by atomic mass is 10.2. The molecule has 3 rings (SSSR count). The molecule has 3 heterocycles. The van der Waals surface area contributed by atoms with E-state index < -0.39 is 0 Å². The predicted octanol–water partition coefficient (Wildman–Crippen LogP) is 1.26. The first-order valence-corrected chi connectivity index (χ1v) is 7.20. The van der Waals surface area contributed by atoms with Gasteiger partial charge in [-0.1, -0.05) is 12.2 Å². The van der Waals surface area contributed by atoms with Crippen molar-refractivity contribution in [1.82, 2.24) is 25.4 Å². The summed E-state index contributed by atoms with van der Waals surface area (Å²) in [6, 6.07) is 1.83. The minimum Gasteiger partial charge on any atom is -0.351 e. The van der Waals surface area contributed by atoms with E-state index in [0.717, 1.165) is 37.1 Å². The molecule has 0 aliphatic carbocycles. The van der Waals surface area contributed by atoms with Crippen molar-refractivity contribution in [3.8, 4) is 0 Å². The van der Waals surface area contributed by atoms with Crippen LogP contribution in [0.5, 0.6) is 0 Å².